The first kappa shape index (κ1) is 19.5. The number of nitrogens with zero attached hydrogens (tertiary/aromatic N) is 2. The molecule has 0 N–H and O–H groups in total. The Balaban J connectivity index is 1.58. The number of fused-ring (bicyclic) bond motifs is 2. The lowest BCUT2D eigenvalue weighted by molar-refractivity contribution is 0.104. The van der Waals surface area contributed by atoms with E-state index in [2.05, 4.69) is 4.98 Å². The fourth-order valence-electron chi connectivity index (χ4n) is 4.10. The van der Waals surface area contributed by atoms with Crippen molar-refractivity contribution in [1.82, 2.24) is 9.55 Å². The molecule has 3 aromatic carbocycles. The average Bonchev–Trinajstić information content (AvgIpc) is 3.45. The van der Waals surface area contributed by atoms with Crippen LogP contribution >= 0.6 is 0 Å². The van der Waals surface area contributed by atoms with Gasteiger partial charge in [0.05, 0.1) is 10.6 Å². The fraction of sp³-hybridized carbons (Fsp3) is 0. The van der Waals surface area contributed by atoms with Gasteiger partial charge in [0.2, 0.25) is 21.5 Å². The van der Waals surface area contributed by atoms with Gasteiger partial charge in [0.15, 0.2) is 11.2 Å². The largest absolute Gasteiger partial charge is 0.434 e. The molecule has 160 valence electrons. The molecule has 7 heteroatoms. The van der Waals surface area contributed by atoms with Crippen LogP contribution in [0.4, 0.5) is 0 Å². The van der Waals surface area contributed by atoms with Crippen LogP contribution in [0.3, 0.4) is 0 Å². The Morgan fingerprint density at radius 3 is 2.24 bits per heavy atom. The standard InChI is InChI=1S/C26H16N2O4S/c29-24-20-13-7-8-14-22(20)33(30,31)23(24)16-19-15-21-25(28(19)18-11-5-2-6-12-18)27-26(32-21)17-9-3-1-4-10-17/h1-16H/b23-16+. The molecule has 0 fully saturated rings. The Morgan fingerprint density at radius 1 is 0.848 bits per heavy atom. The number of carbonyl (C=O) groups excluding carboxylic acids is 1. The third kappa shape index (κ3) is 2.97. The monoisotopic (exact) mass is 452 g/mol. The summed E-state index contributed by atoms with van der Waals surface area (Å²) >= 11 is 0. The van der Waals surface area contributed by atoms with Gasteiger partial charge in [-0.05, 0) is 42.5 Å². The first-order chi connectivity index (χ1) is 16.0. The van der Waals surface area contributed by atoms with Crippen molar-refractivity contribution in [2.75, 3.05) is 0 Å². The summed E-state index contributed by atoms with van der Waals surface area (Å²) in [4.78, 5) is 17.4. The minimum atomic E-state index is -3.92. The maximum atomic E-state index is 13.1. The molecule has 6 rings (SSSR count). The number of oxazole rings is 1. The number of benzene rings is 3. The summed E-state index contributed by atoms with van der Waals surface area (Å²) in [5, 5.41) is 0. The van der Waals surface area contributed by atoms with Gasteiger partial charge < -0.3 is 4.42 Å². The number of Topliss-reactive ketones (excluding diaryl/α,β-unsaturated/α-hetero) is 1. The number of hydrogen-bond acceptors (Lipinski definition) is 5. The molecular weight excluding hydrogens is 436 g/mol. The van der Waals surface area contributed by atoms with E-state index in [0.29, 0.717) is 22.8 Å². The lowest BCUT2D eigenvalue weighted by Crippen LogP contribution is -2.04. The molecule has 0 amide bonds. The number of sulfone groups is 1. The van der Waals surface area contributed by atoms with Crippen LogP contribution < -0.4 is 0 Å². The number of para-hydroxylation sites is 1. The summed E-state index contributed by atoms with van der Waals surface area (Å²) in [7, 11) is -3.92. The number of rotatable bonds is 3. The molecule has 0 radical (unpaired) electrons. The predicted molar refractivity (Wildman–Crippen MR) is 125 cm³/mol. The van der Waals surface area contributed by atoms with Crippen molar-refractivity contribution in [2.45, 2.75) is 4.90 Å². The van der Waals surface area contributed by atoms with Crippen molar-refractivity contribution < 1.29 is 17.6 Å². The molecule has 0 unspecified atom stereocenters. The van der Waals surface area contributed by atoms with E-state index in [-0.39, 0.29) is 15.4 Å². The van der Waals surface area contributed by atoms with E-state index in [1.807, 2.05) is 60.7 Å². The predicted octanol–water partition coefficient (Wildman–Crippen LogP) is 5.30. The zero-order valence-corrected chi connectivity index (χ0v) is 18.0. The second-order valence-electron chi connectivity index (χ2n) is 7.65. The number of ketones is 1. The summed E-state index contributed by atoms with van der Waals surface area (Å²) in [6, 6.07) is 26.9. The van der Waals surface area contributed by atoms with E-state index in [1.165, 1.54) is 18.2 Å². The van der Waals surface area contributed by atoms with Gasteiger partial charge in [-0.2, -0.15) is 4.98 Å². The highest BCUT2D eigenvalue weighted by Gasteiger charge is 2.39. The fourth-order valence-corrected chi connectivity index (χ4v) is 5.67. The number of aromatic nitrogens is 2. The van der Waals surface area contributed by atoms with E-state index in [0.717, 1.165) is 11.3 Å². The van der Waals surface area contributed by atoms with Gasteiger partial charge in [0, 0.05) is 22.9 Å². The molecule has 1 aliphatic heterocycles. The van der Waals surface area contributed by atoms with E-state index in [4.69, 9.17) is 4.42 Å². The molecule has 0 saturated carbocycles. The molecule has 0 bridgehead atoms. The van der Waals surface area contributed by atoms with Crippen LogP contribution in [0.5, 0.6) is 0 Å². The highest BCUT2D eigenvalue weighted by atomic mass is 32.2. The maximum absolute atomic E-state index is 13.1. The third-order valence-electron chi connectivity index (χ3n) is 5.63. The van der Waals surface area contributed by atoms with Crippen LogP contribution in [-0.4, -0.2) is 23.8 Å². The molecule has 0 spiro atoms. The minimum absolute atomic E-state index is 0.0345. The van der Waals surface area contributed by atoms with Crippen molar-refractivity contribution in [1.29, 1.82) is 0 Å². The highest BCUT2D eigenvalue weighted by Crippen LogP contribution is 2.37. The first-order valence-electron chi connectivity index (χ1n) is 10.3. The van der Waals surface area contributed by atoms with E-state index in [1.54, 1.807) is 22.8 Å². The normalized spacial score (nSPS) is 15.9. The highest BCUT2D eigenvalue weighted by molar-refractivity contribution is 7.97. The number of carbonyl (C=O) groups is 1. The second-order valence-corrected chi connectivity index (χ2v) is 9.54. The van der Waals surface area contributed by atoms with Crippen molar-refractivity contribution in [3.05, 3.63) is 107 Å². The van der Waals surface area contributed by atoms with E-state index >= 15 is 0 Å². The van der Waals surface area contributed by atoms with Crippen LogP contribution in [0, 0.1) is 0 Å². The number of allylic oxidation sites excluding steroid dienone is 1. The van der Waals surface area contributed by atoms with Gasteiger partial charge in [-0.25, -0.2) is 8.42 Å². The van der Waals surface area contributed by atoms with E-state index < -0.39 is 15.6 Å². The zero-order chi connectivity index (χ0) is 22.6. The molecule has 5 aromatic rings. The summed E-state index contributed by atoms with van der Waals surface area (Å²) < 4.78 is 34.0. The summed E-state index contributed by atoms with van der Waals surface area (Å²) in [5.74, 6) is -0.0533. The third-order valence-corrected chi connectivity index (χ3v) is 7.45. The average molecular weight is 452 g/mol. The molecule has 2 aromatic heterocycles. The van der Waals surface area contributed by atoms with Crippen molar-refractivity contribution in [3.63, 3.8) is 0 Å². The quantitative estimate of drug-likeness (QED) is 0.347. The lowest BCUT2D eigenvalue weighted by Gasteiger charge is -2.07. The second kappa shape index (κ2) is 7.15. The first-order valence-corrected chi connectivity index (χ1v) is 11.8. The van der Waals surface area contributed by atoms with Crippen LogP contribution in [0.15, 0.2) is 105 Å². The Kier molecular flexibility index (Phi) is 4.21. The maximum Gasteiger partial charge on any atom is 0.228 e. The molecular formula is C26H16N2O4S. The number of hydrogen-bond donors (Lipinski definition) is 0. The van der Waals surface area contributed by atoms with Gasteiger partial charge in [-0.3, -0.25) is 9.36 Å². The Bertz CT molecular complexity index is 1680. The van der Waals surface area contributed by atoms with Gasteiger partial charge in [0.1, 0.15) is 4.91 Å². The van der Waals surface area contributed by atoms with Crippen LogP contribution in [-0.2, 0) is 9.84 Å². The van der Waals surface area contributed by atoms with Crippen LogP contribution in [0.1, 0.15) is 16.1 Å². The van der Waals surface area contributed by atoms with Crippen molar-refractivity contribution >= 4 is 32.9 Å². The lowest BCUT2D eigenvalue weighted by atomic mass is 10.1. The Labute approximate surface area is 189 Å². The minimum Gasteiger partial charge on any atom is -0.434 e. The molecule has 6 nitrogen and oxygen atoms in total. The molecule has 0 atom stereocenters. The Hall–Kier alpha value is -4.23. The molecule has 3 heterocycles. The molecule has 0 saturated heterocycles. The summed E-state index contributed by atoms with van der Waals surface area (Å²) in [5.41, 5.74) is 3.30. The zero-order valence-electron chi connectivity index (χ0n) is 17.2. The van der Waals surface area contributed by atoms with Gasteiger partial charge in [-0.1, -0.05) is 48.5 Å². The van der Waals surface area contributed by atoms with Gasteiger partial charge >= 0.3 is 0 Å². The topological polar surface area (TPSA) is 82.2 Å². The summed E-state index contributed by atoms with van der Waals surface area (Å²) in [6.45, 7) is 0. The van der Waals surface area contributed by atoms with Crippen molar-refractivity contribution in [2.24, 2.45) is 0 Å². The molecule has 1 aliphatic rings. The van der Waals surface area contributed by atoms with Crippen LogP contribution in [0.25, 0.3) is 34.4 Å². The SMILES string of the molecule is O=C1/C(=C\c2cc3oc(-c4ccccc4)nc3n2-c2ccccc2)S(=O)(=O)c2ccccc21. The smallest absolute Gasteiger partial charge is 0.228 e. The summed E-state index contributed by atoms with van der Waals surface area (Å²) in [6.07, 6.45) is 1.41. The van der Waals surface area contributed by atoms with Gasteiger partial charge in [0.25, 0.3) is 0 Å². The Morgan fingerprint density at radius 2 is 1.52 bits per heavy atom. The van der Waals surface area contributed by atoms with Crippen molar-refractivity contribution in [3.8, 4) is 17.1 Å². The van der Waals surface area contributed by atoms with Gasteiger partial charge in [-0.15, -0.1) is 0 Å². The van der Waals surface area contributed by atoms with Crippen LogP contribution in [0.2, 0.25) is 0 Å². The molecule has 0 aliphatic carbocycles. The van der Waals surface area contributed by atoms with E-state index in [9.17, 15) is 13.2 Å². The molecule has 33 heavy (non-hydrogen) atoms.